The monoisotopic (exact) mass is 1000 g/mol. The fourth-order valence-corrected chi connectivity index (χ4v) is 9.57. The van der Waals surface area contributed by atoms with E-state index in [1.54, 1.807) is 24.3 Å². The van der Waals surface area contributed by atoms with Gasteiger partial charge in [-0.25, -0.2) is 0 Å². The van der Waals surface area contributed by atoms with E-state index in [2.05, 4.69) is 55.4 Å². The second-order valence-electron chi connectivity index (χ2n) is 20.9. The predicted octanol–water partition coefficient (Wildman–Crippen LogP) is 17.8. The fourth-order valence-electron chi connectivity index (χ4n) is 8.00. The summed E-state index contributed by atoms with van der Waals surface area (Å²) in [6, 6.07) is 14.3. The van der Waals surface area contributed by atoms with E-state index in [1.807, 2.05) is 24.3 Å². The minimum atomic E-state index is -4.31. The van der Waals surface area contributed by atoms with Crippen molar-refractivity contribution < 1.29 is 37.0 Å². The van der Waals surface area contributed by atoms with Crippen LogP contribution in [0.3, 0.4) is 0 Å². The molecule has 2 unspecified atom stereocenters. The molecule has 2 atom stereocenters. The third kappa shape index (κ3) is 39.9. The van der Waals surface area contributed by atoms with Gasteiger partial charge in [0, 0.05) is 0 Å². The number of phosphoric ester groups is 2. The minimum Gasteiger partial charge on any atom is -0.746 e. The molecular formula is C56H100CaO8P2. The van der Waals surface area contributed by atoms with E-state index in [0.29, 0.717) is 11.5 Å². The van der Waals surface area contributed by atoms with Crippen LogP contribution >= 0.6 is 15.6 Å². The molecule has 11 heteroatoms. The van der Waals surface area contributed by atoms with Crippen LogP contribution in [-0.2, 0) is 29.0 Å². The Morgan fingerprint density at radius 2 is 0.552 bits per heavy atom. The first kappa shape index (κ1) is 66.6. The van der Waals surface area contributed by atoms with Crippen molar-refractivity contribution in [1.29, 1.82) is 0 Å². The average molecular weight is 1000 g/mol. The molecule has 0 saturated heterocycles. The Morgan fingerprint density at radius 1 is 0.358 bits per heavy atom. The quantitative estimate of drug-likeness (QED) is 0.0368. The van der Waals surface area contributed by atoms with E-state index in [4.69, 9.17) is 18.1 Å². The molecule has 67 heavy (non-hydrogen) atoms. The second kappa shape index (κ2) is 41.1. The van der Waals surface area contributed by atoms with Gasteiger partial charge in [0.2, 0.25) is 0 Å². The largest absolute Gasteiger partial charge is 2.00 e. The summed E-state index contributed by atoms with van der Waals surface area (Å²) in [6.45, 7) is 17.6. The number of hydrogen-bond acceptors (Lipinski definition) is 8. The van der Waals surface area contributed by atoms with Crippen LogP contribution in [0.15, 0.2) is 48.5 Å². The zero-order chi connectivity index (χ0) is 48.8. The van der Waals surface area contributed by atoms with Gasteiger partial charge in [-0.3, -0.25) is 9.13 Å². The summed E-state index contributed by atoms with van der Waals surface area (Å²) < 4.78 is 44.3. The van der Waals surface area contributed by atoms with E-state index < -0.39 is 15.6 Å². The van der Waals surface area contributed by atoms with Crippen LogP contribution in [0.5, 0.6) is 11.5 Å². The second-order valence-corrected chi connectivity index (χ2v) is 23.6. The van der Waals surface area contributed by atoms with Crippen LogP contribution in [0.25, 0.3) is 0 Å². The summed E-state index contributed by atoms with van der Waals surface area (Å²) >= 11 is 0. The van der Waals surface area contributed by atoms with Crippen molar-refractivity contribution in [2.45, 2.75) is 272 Å². The van der Waals surface area contributed by atoms with E-state index in [0.717, 1.165) is 49.7 Å². The van der Waals surface area contributed by atoms with E-state index in [1.165, 1.54) is 167 Å². The average Bonchev–Trinajstić information content (AvgIpc) is 3.25. The standard InChI is InChI=1S/2C28H51O4P.Ca/c2*1-5-6-7-8-9-10-11-12-13-14-15-16-17-18-19-20-25-31-33(29,30)32-27-23-21-26(22-24-27)28(2,3)4;/h2*21-24H,5-20,25H2,1-4H3,(H,29,30);/q;;+2/p-2. The summed E-state index contributed by atoms with van der Waals surface area (Å²) in [7, 11) is -8.62. The maximum atomic E-state index is 12.0. The van der Waals surface area contributed by atoms with E-state index in [9.17, 15) is 18.9 Å². The van der Waals surface area contributed by atoms with Gasteiger partial charge in [-0.15, -0.1) is 0 Å². The van der Waals surface area contributed by atoms with Crippen molar-refractivity contribution in [2.75, 3.05) is 13.2 Å². The van der Waals surface area contributed by atoms with E-state index in [-0.39, 0.29) is 61.8 Å². The van der Waals surface area contributed by atoms with Gasteiger partial charge in [0.15, 0.2) is 0 Å². The first-order chi connectivity index (χ1) is 31.5. The van der Waals surface area contributed by atoms with Gasteiger partial charge in [0.25, 0.3) is 0 Å². The molecule has 0 aromatic heterocycles. The summed E-state index contributed by atoms with van der Waals surface area (Å²) in [4.78, 5) is 24.1. The topological polar surface area (TPSA) is 117 Å². The van der Waals surface area contributed by atoms with Crippen molar-refractivity contribution in [3.63, 3.8) is 0 Å². The number of hydrogen-bond donors (Lipinski definition) is 0. The summed E-state index contributed by atoms with van der Waals surface area (Å²) in [5, 5.41) is 0. The first-order valence-corrected chi connectivity index (χ1v) is 29.9. The zero-order valence-electron chi connectivity index (χ0n) is 44.5. The molecule has 0 spiro atoms. The number of unbranched alkanes of at least 4 members (excludes halogenated alkanes) is 30. The van der Waals surface area contributed by atoms with Gasteiger partial charge in [0.1, 0.15) is 11.5 Å². The van der Waals surface area contributed by atoms with Crippen LogP contribution in [-0.4, -0.2) is 51.0 Å². The Kier molecular flexibility index (Phi) is 40.9. The molecule has 0 heterocycles. The van der Waals surface area contributed by atoms with Gasteiger partial charge in [-0.05, 0) is 59.1 Å². The Morgan fingerprint density at radius 3 is 0.746 bits per heavy atom. The maximum absolute atomic E-state index is 12.0. The van der Waals surface area contributed by atoms with Crippen LogP contribution in [0.1, 0.15) is 272 Å². The van der Waals surface area contributed by atoms with Crippen LogP contribution in [0.2, 0.25) is 0 Å². The molecule has 0 aliphatic rings. The van der Waals surface area contributed by atoms with Gasteiger partial charge < -0.3 is 27.9 Å². The van der Waals surface area contributed by atoms with Crippen molar-refractivity contribution in [2.24, 2.45) is 0 Å². The van der Waals surface area contributed by atoms with Crippen molar-refractivity contribution >= 4 is 53.4 Å². The molecule has 0 N–H and O–H groups in total. The molecule has 0 fully saturated rings. The molecule has 0 bridgehead atoms. The zero-order valence-corrected chi connectivity index (χ0v) is 48.5. The normalized spacial score (nSPS) is 13.5. The van der Waals surface area contributed by atoms with Crippen molar-refractivity contribution in [3.05, 3.63) is 59.7 Å². The molecule has 0 aliphatic heterocycles. The molecule has 0 amide bonds. The molecule has 2 aromatic rings. The molecule has 384 valence electrons. The van der Waals surface area contributed by atoms with Crippen molar-refractivity contribution in [3.8, 4) is 11.5 Å². The summed E-state index contributed by atoms with van der Waals surface area (Å²) in [5.41, 5.74) is 2.29. The smallest absolute Gasteiger partial charge is 0.746 e. The minimum absolute atomic E-state index is 0. The van der Waals surface area contributed by atoms with Gasteiger partial charge in [0.05, 0.1) is 13.2 Å². The third-order valence-corrected chi connectivity index (χ3v) is 14.2. The number of rotatable bonds is 40. The first-order valence-electron chi connectivity index (χ1n) is 27.0. The van der Waals surface area contributed by atoms with Gasteiger partial charge >= 0.3 is 53.4 Å². The molecule has 0 aliphatic carbocycles. The molecule has 8 nitrogen and oxygen atoms in total. The van der Waals surface area contributed by atoms with Crippen LogP contribution in [0.4, 0.5) is 0 Å². The van der Waals surface area contributed by atoms with Crippen molar-refractivity contribution in [1.82, 2.24) is 0 Å². The van der Waals surface area contributed by atoms with Gasteiger partial charge in [-0.1, -0.05) is 272 Å². The van der Waals surface area contributed by atoms with Crippen LogP contribution in [0, 0.1) is 0 Å². The molecule has 0 saturated carbocycles. The third-order valence-electron chi connectivity index (χ3n) is 12.4. The van der Waals surface area contributed by atoms with E-state index >= 15 is 0 Å². The summed E-state index contributed by atoms with van der Waals surface area (Å²) in [6.07, 6.45) is 41.3. The fraction of sp³-hybridized carbons (Fsp3) is 0.786. The molecule has 2 rings (SSSR count). The Bertz CT molecular complexity index is 1390. The molecule has 0 radical (unpaired) electrons. The predicted molar refractivity (Wildman–Crippen MR) is 284 cm³/mol. The number of phosphoric acid groups is 2. The molecular weight excluding hydrogens is 903 g/mol. The Labute approximate surface area is 443 Å². The van der Waals surface area contributed by atoms with Gasteiger partial charge in [-0.2, -0.15) is 0 Å². The Balaban J connectivity index is 0.00000128. The summed E-state index contributed by atoms with van der Waals surface area (Å²) in [5.74, 6) is 0.599. The van der Waals surface area contributed by atoms with Crippen LogP contribution < -0.4 is 18.8 Å². The Hall–Kier alpha value is -0.400. The molecule has 2 aromatic carbocycles. The maximum Gasteiger partial charge on any atom is 2.00 e. The SMILES string of the molecule is CCCCCCCCCCCCCCCCCCOP(=O)([O-])Oc1ccc(C(C)(C)C)cc1.CCCCCCCCCCCCCCCCCCOP(=O)([O-])Oc1ccc(C(C)(C)C)cc1.[Ca+2]. The number of benzene rings is 2.